The van der Waals surface area contributed by atoms with Crippen molar-refractivity contribution in [2.75, 3.05) is 13.1 Å². The fourth-order valence-electron chi connectivity index (χ4n) is 3.79. The molecule has 1 aliphatic rings. The van der Waals surface area contributed by atoms with Crippen molar-refractivity contribution in [1.29, 1.82) is 0 Å². The van der Waals surface area contributed by atoms with E-state index in [0.29, 0.717) is 13.0 Å². The topological polar surface area (TPSA) is 59.2 Å². The summed E-state index contributed by atoms with van der Waals surface area (Å²) in [6.07, 6.45) is 9.37. The largest absolute Gasteiger partial charge is 0.481 e. The zero-order valence-electron chi connectivity index (χ0n) is 15.0. The lowest BCUT2D eigenvalue weighted by atomic mass is 9.77. The van der Waals surface area contributed by atoms with Crippen LogP contribution >= 0.6 is 0 Å². The monoisotopic (exact) mass is 341 g/mol. The van der Waals surface area contributed by atoms with Crippen molar-refractivity contribution in [3.63, 3.8) is 0 Å². The van der Waals surface area contributed by atoms with Gasteiger partial charge in [0.25, 0.3) is 0 Å². The van der Waals surface area contributed by atoms with Crippen LogP contribution < -0.4 is 5.32 Å². The second-order valence-corrected chi connectivity index (χ2v) is 7.03. The third-order valence-corrected chi connectivity index (χ3v) is 5.34. The van der Waals surface area contributed by atoms with E-state index in [2.05, 4.69) is 32.7 Å². The number of aliphatic carboxylic acids is 1. The van der Waals surface area contributed by atoms with Gasteiger partial charge < -0.3 is 19.6 Å². The first-order valence-corrected chi connectivity index (χ1v) is 8.91. The highest BCUT2D eigenvalue weighted by molar-refractivity contribution is 5.77. The van der Waals surface area contributed by atoms with Crippen LogP contribution in [0, 0.1) is 5.41 Å². The minimum absolute atomic E-state index is 0.569. The Hall–Kier alpha value is -2.27. The number of nitrogens with zero attached hydrogens (tertiary/aromatic N) is 2. The second kappa shape index (κ2) is 7.31. The van der Waals surface area contributed by atoms with Crippen molar-refractivity contribution in [3.05, 3.63) is 54.1 Å². The van der Waals surface area contributed by atoms with E-state index in [1.165, 1.54) is 0 Å². The van der Waals surface area contributed by atoms with Gasteiger partial charge in [0, 0.05) is 50.0 Å². The molecular formula is C20H27N3O2. The number of aromatic nitrogens is 2. The predicted octanol–water partition coefficient (Wildman–Crippen LogP) is 3.03. The molecule has 2 N–H and O–H groups in total. The van der Waals surface area contributed by atoms with E-state index in [1.54, 1.807) is 0 Å². The quantitative estimate of drug-likeness (QED) is 0.849. The zero-order chi connectivity index (χ0) is 17.9. The summed E-state index contributed by atoms with van der Waals surface area (Å²) in [5.74, 6) is -0.674. The van der Waals surface area contributed by atoms with Gasteiger partial charge in [0.15, 0.2) is 0 Å². The Morgan fingerprint density at radius 3 is 2.32 bits per heavy atom. The van der Waals surface area contributed by atoms with Crippen molar-refractivity contribution in [2.24, 2.45) is 19.5 Å². The lowest BCUT2D eigenvalue weighted by Gasteiger charge is -2.33. The van der Waals surface area contributed by atoms with Crippen LogP contribution in [-0.2, 0) is 18.9 Å². The molecule has 25 heavy (non-hydrogen) atoms. The molecule has 1 unspecified atom stereocenters. The smallest absolute Gasteiger partial charge is 0.310 e. The van der Waals surface area contributed by atoms with Crippen LogP contribution in [0.5, 0.6) is 0 Å². The Bertz CT molecular complexity index is 721. The molecule has 0 bridgehead atoms. The van der Waals surface area contributed by atoms with E-state index in [0.717, 1.165) is 42.8 Å². The summed E-state index contributed by atoms with van der Waals surface area (Å²) in [6, 6.07) is 8.29. The molecule has 1 aliphatic heterocycles. The fraction of sp³-hybridized carbons (Fsp3) is 0.450. The Morgan fingerprint density at radius 1 is 1.24 bits per heavy atom. The maximum absolute atomic E-state index is 11.8. The molecule has 0 radical (unpaired) electrons. The zero-order valence-corrected chi connectivity index (χ0v) is 15.0. The predicted molar refractivity (Wildman–Crippen MR) is 99.3 cm³/mol. The van der Waals surface area contributed by atoms with E-state index < -0.39 is 11.4 Å². The minimum atomic E-state index is -0.674. The Morgan fingerprint density at radius 2 is 1.88 bits per heavy atom. The summed E-state index contributed by atoms with van der Waals surface area (Å²) in [7, 11) is 4.08. The number of piperidine rings is 1. The number of carbonyl (C=O) groups is 1. The van der Waals surface area contributed by atoms with E-state index in [1.807, 2.05) is 38.6 Å². The summed E-state index contributed by atoms with van der Waals surface area (Å²) in [4.78, 5) is 11.8. The number of carboxylic acids is 1. The number of aryl methyl sites for hydroxylation is 2. The summed E-state index contributed by atoms with van der Waals surface area (Å²) in [5, 5.41) is 13.0. The van der Waals surface area contributed by atoms with Gasteiger partial charge in [-0.15, -0.1) is 0 Å². The van der Waals surface area contributed by atoms with E-state index in [-0.39, 0.29) is 0 Å². The lowest BCUT2D eigenvalue weighted by Crippen LogP contribution is -2.45. The Labute approximate surface area is 149 Å². The standard InChI is InChI=1S/C20H27N3O2/c1-22-13-4-8-17(22)16(18-9-5-14-23(18)2)7-3-10-20(19(24)25)11-6-12-21-15-20/h4-5,7-9,13-14,21H,3,6,10-12,15H2,1-2H3,(H,24,25). The van der Waals surface area contributed by atoms with E-state index >= 15 is 0 Å². The summed E-state index contributed by atoms with van der Waals surface area (Å²) >= 11 is 0. The van der Waals surface area contributed by atoms with Gasteiger partial charge >= 0.3 is 5.97 Å². The molecule has 3 heterocycles. The van der Waals surface area contributed by atoms with Crippen LogP contribution in [0.3, 0.4) is 0 Å². The molecule has 5 nitrogen and oxygen atoms in total. The Kier molecular flexibility index (Phi) is 5.13. The number of rotatable bonds is 6. The first-order chi connectivity index (χ1) is 12.0. The fourth-order valence-corrected chi connectivity index (χ4v) is 3.79. The normalized spacial score (nSPS) is 20.4. The van der Waals surface area contributed by atoms with Gasteiger partial charge in [-0.25, -0.2) is 0 Å². The molecule has 1 saturated heterocycles. The molecule has 5 heteroatoms. The summed E-state index contributed by atoms with van der Waals surface area (Å²) < 4.78 is 4.21. The summed E-state index contributed by atoms with van der Waals surface area (Å²) in [5.41, 5.74) is 2.81. The van der Waals surface area contributed by atoms with E-state index in [9.17, 15) is 9.90 Å². The van der Waals surface area contributed by atoms with Gasteiger partial charge in [-0.05, 0) is 56.5 Å². The first-order valence-electron chi connectivity index (χ1n) is 8.91. The van der Waals surface area contributed by atoms with Gasteiger partial charge in [-0.3, -0.25) is 4.79 Å². The van der Waals surface area contributed by atoms with Crippen LogP contribution in [0.25, 0.3) is 5.57 Å². The number of allylic oxidation sites excluding steroid dienone is 1. The average Bonchev–Trinajstić information content (AvgIpc) is 3.21. The molecule has 0 saturated carbocycles. The van der Waals surface area contributed by atoms with Crippen LogP contribution in [0.2, 0.25) is 0 Å². The van der Waals surface area contributed by atoms with Crippen molar-refractivity contribution >= 4 is 11.5 Å². The van der Waals surface area contributed by atoms with Crippen molar-refractivity contribution in [3.8, 4) is 0 Å². The maximum Gasteiger partial charge on any atom is 0.310 e. The molecule has 0 aliphatic carbocycles. The van der Waals surface area contributed by atoms with Crippen LogP contribution in [0.15, 0.2) is 42.7 Å². The maximum atomic E-state index is 11.8. The van der Waals surface area contributed by atoms with Gasteiger partial charge in [0.2, 0.25) is 0 Å². The molecule has 1 atom stereocenters. The third-order valence-electron chi connectivity index (χ3n) is 5.34. The van der Waals surface area contributed by atoms with Gasteiger partial charge in [0.1, 0.15) is 0 Å². The number of nitrogens with one attached hydrogen (secondary N) is 1. The first kappa shape index (κ1) is 17.5. The number of hydrogen-bond donors (Lipinski definition) is 2. The molecule has 3 rings (SSSR count). The molecule has 2 aromatic heterocycles. The number of hydrogen-bond acceptors (Lipinski definition) is 2. The highest BCUT2D eigenvalue weighted by Gasteiger charge is 2.38. The molecule has 1 fully saturated rings. The average molecular weight is 341 g/mol. The summed E-state index contributed by atoms with van der Waals surface area (Å²) in [6.45, 7) is 1.49. The van der Waals surface area contributed by atoms with Crippen LogP contribution in [0.4, 0.5) is 0 Å². The van der Waals surface area contributed by atoms with Crippen molar-refractivity contribution < 1.29 is 9.90 Å². The SMILES string of the molecule is Cn1cccc1C(=CCCC1(C(=O)O)CCCNC1)c1cccn1C. The third kappa shape index (κ3) is 3.56. The van der Waals surface area contributed by atoms with Crippen LogP contribution in [0.1, 0.15) is 37.1 Å². The van der Waals surface area contributed by atoms with Gasteiger partial charge in [-0.1, -0.05) is 6.08 Å². The molecule has 2 aromatic rings. The van der Waals surface area contributed by atoms with Crippen molar-refractivity contribution in [1.82, 2.24) is 14.5 Å². The van der Waals surface area contributed by atoms with Crippen molar-refractivity contribution in [2.45, 2.75) is 25.7 Å². The number of carboxylic acid groups (broad SMARTS) is 1. The molecule has 0 amide bonds. The minimum Gasteiger partial charge on any atom is -0.481 e. The van der Waals surface area contributed by atoms with Gasteiger partial charge in [-0.2, -0.15) is 0 Å². The molecule has 134 valence electrons. The lowest BCUT2D eigenvalue weighted by molar-refractivity contribution is -0.150. The molecule has 0 spiro atoms. The highest BCUT2D eigenvalue weighted by atomic mass is 16.4. The second-order valence-electron chi connectivity index (χ2n) is 7.03. The van der Waals surface area contributed by atoms with Gasteiger partial charge in [0.05, 0.1) is 5.41 Å². The Balaban J connectivity index is 1.86. The van der Waals surface area contributed by atoms with E-state index in [4.69, 9.17) is 0 Å². The van der Waals surface area contributed by atoms with Crippen LogP contribution in [-0.4, -0.2) is 33.3 Å². The molecular weight excluding hydrogens is 314 g/mol. The molecule has 0 aromatic carbocycles. The highest BCUT2D eigenvalue weighted by Crippen LogP contribution is 2.33.